The van der Waals surface area contributed by atoms with Crippen LogP contribution in [0.25, 0.3) is 0 Å². The highest BCUT2D eigenvalue weighted by Gasteiger charge is 2.20. The number of nitrogens with two attached hydrogens (primary N) is 1. The summed E-state index contributed by atoms with van der Waals surface area (Å²) in [5.74, 6) is -0.439. The number of aliphatic hydroxyl groups excluding tert-OH is 2. The van der Waals surface area contributed by atoms with Crippen molar-refractivity contribution in [2.45, 2.75) is 103 Å². The summed E-state index contributed by atoms with van der Waals surface area (Å²) in [6.07, 6.45) is 14.6. The van der Waals surface area contributed by atoms with Gasteiger partial charge >= 0.3 is 0 Å². The summed E-state index contributed by atoms with van der Waals surface area (Å²) in [6.45, 7) is 1.85. The third-order valence-electron chi connectivity index (χ3n) is 4.22. The molecule has 0 amide bonds. The number of unbranched alkanes of at least 4 members (excludes halogenated alkanes) is 11. The fourth-order valence-electron chi connectivity index (χ4n) is 2.66. The second kappa shape index (κ2) is 15.4. The Bertz CT molecular complexity index is 259. The minimum atomic E-state index is -1.01. The summed E-state index contributed by atoms with van der Waals surface area (Å²) in [4.78, 5) is 11.5. The van der Waals surface area contributed by atoms with Gasteiger partial charge in [-0.25, -0.2) is 0 Å². The third-order valence-corrected chi connectivity index (χ3v) is 4.22. The summed E-state index contributed by atoms with van der Waals surface area (Å²) in [5, 5.41) is 18.4. The molecule has 22 heavy (non-hydrogen) atoms. The summed E-state index contributed by atoms with van der Waals surface area (Å²) in [5.41, 5.74) is 5.39. The van der Waals surface area contributed by atoms with Crippen LogP contribution in [0.3, 0.4) is 0 Å². The van der Waals surface area contributed by atoms with Gasteiger partial charge in [-0.3, -0.25) is 4.79 Å². The molecule has 0 fully saturated rings. The Morgan fingerprint density at radius 1 is 0.864 bits per heavy atom. The minimum absolute atomic E-state index is 0.395. The number of hydrogen-bond acceptors (Lipinski definition) is 4. The molecule has 0 rings (SSSR count). The molecular formula is C18H37NO3. The van der Waals surface area contributed by atoms with E-state index < -0.39 is 24.5 Å². The number of hydrogen-bond donors (Lipinski definition) is 3. The molecule has 0 aliphatic heterocycles. The maximum atomic E-state index is 11.5. The molecule has 0 radical (unpaired) electrons. The van der Waals surface area contributed by atoms with Gasteiger partial charge in [-0.15, -0.1) is 0 Å². The highest BCUT2D eigenvalue weighted by atomic mass is 16.3. The van der Waals surface area contributed by atoms with Crippen LogP contribution in [-0.4, -0.2) is 34.7 Å². The van der Waals surface area contributed by atoms with E-state index >= 15 is 0 Å². The number of rotatable bonds is 16. The van der Waals surface area contributed by atoms with E-state index in [9.17, 15) is 9.90 Å². The van der Waals surface area contributed by atoms with Crippen molar-refractivity contribution in [2.24, 2.45) is 5.73 Å². The van der Waals surface area contributed by atoms with Crippen molar-refractivity contribution < 1.29 is 15.0 Å². The lowest BCUT2D eigenvalue weighted by Crippen LogP contribution is -2.41. The van der Waals surface area contributed by atoms with E-state index in [2.05, 4.69) is 6.92 Å². The second-order valence-corrected chi connectivity index (χ2v) is 6.38. The van der Waals surface area contributed by atoms with Crippen molar-refractivity contribution in [1.29, 1.82) is 0 Å². The maximum Gasteiger partial charge on any atom is 0.180 e. The van der Waals surface area contributed by atoms with E-state index in [-0.39, 0.29) is 0 Å². The molecule has 0 bridgehead atoms. The Labute approximate surface area is 136 Å². The second-order valence-electron chi connectivity index (χ2n) is 6.38. The molecule has 0 aromatic rings. The molecule has 1 unspecified atom stereocenters. The Morgan fingerprint density at radius 3 is 1.68 bits per heavy atom. The zero-order valence-electron chi connectivity index (χ0n) is 14.4. The Balaban J connectivity index is 3.28. The van der Waals surface area contributed by atoms with Gasteiger partial charge in [0, 0.05) is 0 Å². The summed E-state index contributed by atoms with van der Waals surface area (Å²) in [6, 6.07) is -0.938. The van der Waals surface area contributed by atoms with Crippen LogP contribution in [0.5, 0.6) is 0 Å². The van der Waals surface area contributed by atoms with Gasteiger partial charge < -0.3 is 15.9 Å². The first kappa shape index (κ1) is 21.6. The van der Waals surface area contributed by atoms with Crippen LogP contribution in [0, 0.1) is 0 Å². The van der Waals surface area contributed by atoms with Crippen molar-refractivity contribution in [3.8, 4) is 0 Å². The van der Waals surface area contributed by atoms with Crippen LogP contribution in [0.4, 0.5) is 0 Å². The minimum Gasteiger partial charge on any atom is -0.394 e. The zero-order chi connectivity index (χ0) is 16.6. The van der Waals surface area contributed by atoms with Crippen molar-refractivity contribution in [3.63, 3.8) is 0 Å². The maximum absolute atomic E-state index is 11.5. The van der Waals surface area contributed by atoms with Crippen molar-refractivity contribution in [2.75, 3.05) is 6.61 Å². The molecule has 0 saturated heterocycles. The van der Waals surface area contributed by atoms with Gasteiger partial charge in [-0.1, -0.05) is 84.0 Å². The lowest BCUT2D eigenvalue weighted by Gasteiger charge is -2.13. The number of carbonyl (C=O) groups is 1. The number of ketones is 1. The normalized spacial score (nSPS) is 14.0. The highest BCUT2D eigenvalue weighted by molar-refractivity contribution is 5.87. The number of aliphatic hydroxyl groups is 2. The van der Waals surface area contributed by atoms with Crippen molar-refractivity contribution in [3.05, 3.63) is 0 Å². The zero-order valence-corrected chi connectivity index (χ0v) is 14.4. The first-order chi connectivity index (χ1) is 10.6. The van der Waals surface area contributed by atoms with Crippen LogP contribution >= 0.6 is 0 Å². The molecular weight excluding hydrogens is 278 g/mol. The summed E-state index contributed by atoms with van der Waals surface area (Å²) < 4.78 is 0. The van der Waals surface area contributed by atoms with Gasteiger partial charge in [0.25, 0.3) is 0 Å². The van der Waals surface area contributed by atoms with E-state index in [0.717, 1.165) is 12.8 Å². The smallest absolute Gasteiger partial charge is 0.180 e. The van der Waals surface area contributed by atoms with Gasteiger partial charge in [0.05, 0.1) is 12.6 Å². The van der Waals surface area contributed by atoms with Crippen molar-refractivity contribution in [1.82, 2.24) is 0 Å². The van der Waals surface area contributed by atoms with E-state index in [4.69, 9.17) is 10.8 Å². The van der Waals surface area contributed by atoms with Crippen LogP contribution in [0.15, 0.2) is 0 Å². The molecule has 0 aliphatic rings. The number of carbonyl (C=O) groups excluding carboxylic acids is 1. The molecule has 0 heterocycles. The largest absolute Gasteiger partial charge is 0.394 e. The quantitative estimate of drug-likeness (QED) is 0.381. The van der Waals surface area contributed by atoms with E-state index in [1.807, 2.05) is 0 Å². The predicted octanol–water partition coefficient (Wildman–Crippen LogP) is 3.33. The molecule has 0 spiro atoms. The van der Waals surface area contributed by atoms with Gasteiger partial charge in [-0.2, -0.15) is 0 Å². The molecule has 0 saturated carbocycles. The van der Waals surface area contributed by atoms with Gasteiger partial charge in [-0.05, 0) is 6.42 Å². The van der Waals surface area contributed by atoms with Crippen LogP contribution in [0.2, 0.25) is 0 Å². The summed E-state index contributed by atoms with van der Waals surface area (Å²) >= 11 is 0. The Hall–Kier alpha value is -0.450. The third kappa shape index (κ3) is 12.1. The van der Waals surface area contributed by atoms with Crippen LogP contribution < -0.4 is 5.73 Å². The average molecular weight is 315 g/mol. The van der Waals surface area contributed by atoms with Gasteiger partial charge in [0.1, 0.15) is 6.10 Å². The molecule has 132 valence electrons. The molecule has 0 aromatic heterocycles. The highest BCUT2D eigenvalue weighted by Crippen LogP contribution is 2.13. The topological polar surface area (TPSA) is 83.5 Å². The summed E-state index contributed by atoms with van der Waals surface area (Å²) in [7, 11) is 0. The lowest BCUT2D eigenvalue weighted by atomic mass is 10.0. The van der Waals surface area contributed by atoms with E-state index in [1.54, 1.807) is 0 Å². The molecule has 4 N–H and O–H groups in total. The van der Waals surface area contributed by atoms with Crippen LogP contribution in [-0.2, 0) is 4.79 Å². The Kier molecular flexibility index (Phi) is 15.1. The first-order valence-electron chi connectivity index (χ1n) is 9.21. The molecule has 4 heteroatoms. The fourth-order valence-corrected chi connectivity index (χ4v) is 2.66. The van der Waals surface area contributed by atoms with Gasteiger partial charge in [0.2, 0.25) is 0 Å². The standard InChI is InChI=1S/C18H37NO3/c1-2-3-4-5-6-7-8-9-10-11-12-13-14-17(21)18(22)16(19)15-20/h16-17,20-21H,2-15,19H2,1H3/t16-,17?/m0/s1. The fraction of sp³-hybridized carbons (Fsp3) is 0.944. The monoisotopic (exact) mass is 315 g/mol. The molecule has 4 nitrogen and oxygen atoms in total. The lowest BCUT2D eigenvalue weighted by molar-refractivity contribution is -0.129. The van der Waals surface area contributed by atoms with Crippen LogP contribution in [0.1, 0.15) is 90.4 Å². The predicted molar refractivity (Wildman–Crippen MR) is 91.8 cm³/mol. The first-order valence-corrected chi connectivity index (χ1v) is 9.21. The number of Topliss-reactive ketones (excluding diaryl/α,β-unsaturated/α-hetero) is 1. The van der Waals surface area contributed by atoms with Crippen molar-refractivity contribution >= 4 is 5.78 Å². The van der Waals surface area contributed by atoms with E-state index in [1.165, 1.54) is 64.2 Å². The molecule has 0 aliphatic carbocycles. The van der Waals surface area contributed by atoms with E-state index in [0.29, 0.717) is 6.42 Å². The van der Waals surface area contributed by atoms with Gasteiger partial charge in [0.15, 0.2) is 5.78 Å². The average Bonchev–Trinajstić information content (AvgIpc) is 2.54. The molecule has 2 atom stereocenters. The Morgan fingerprint density at radius 2 is 1.27 bits per heavy atom. The SMILES string of the molecule is CCCCCCCCCCCCCCC(O)C(=O)[C@@H](N)CO. The molecule has 0 aromatic carbocycles.